The number of rotatable bonds is 6. The minimum absolute atomic E-state index is 0.294. The van der Waals surface area contributed by atoms with Crippen molar-refractivity contribution in [2.24, 2.45) is 0 Å². The summed E-state index contributed by atoms with van der Waals surface area (Å²) < 4.78 is 44.3. The van der Waals surface area contributed by atoms with Crippen molar-refractivity contribution in [2.45, 2.75) is 18.1 Å². The number of sulfonamides is 1. The molecule has 0 bridgehead atoms. The predicted molar refractivity (Wildman–Crippen MR) is 104 cm³/mol. The van der Waals surface area contributed by atoms with Crippen LogP contribution in [0.2, 0.25) is 0 Å². The third kappa shape index (κ3) is 3.94. The summed E-state index contributed by atoms with van der Waals surface area (Å²) >= 11 is 0. The fourth-order valence-electron chi connectivity index (χ4n) is 3.41. The molecule has 4 rings (SSSR count). The average Bonchev–Trinajstić information content (AvgIpc) is 3.11. The molecule has 0 saturated carbocycles. The monoisotopic (exact) mass is 404 g/mol. The maximum absolute atomic E-state index is 12.9. The first kappa shape index (κ1) is 19.0. The van der Waals surface area contributed by atoms with Crippen LogP contribution >= 0.6 is 0 Å². The Labute approximate surface area is 165 Å². The Hall–Kier alpha value is -2.29. The van der Waals surface area contributed by atoms with Gasteiger partial charge in [0.05, 0.1) is 18.0 Å². The highest BCUT2D eigenvalue weighted by Gasteiger charge is 2.31. The number of para-hydroxylation sites is 2. The molecule has 150 valence electrons. The first-order chi connectivity index (χ1) is 13.6. The zero-order valence-electron chi connectivity index (χ0n) is 15.8. The molecule has 0 aromatic heterocycles. The molecule has 2 aliphatic rings. The molecular formula is C20H24N2O5S. The van der Waals surface area contributed by atoms with Crippen LogP contribution < -0.4 is 14.2 Å². The van der Waals surface area contributed by atoms with E-state index in [1.807, 2.05) is 31.2 Å². The predicted octanol–water partition coefficient (Wildman–Crippen LogP) is 2.19. The Morgan fingerprint density at radius 3 is 2.14 bits per heavy atom. The lowest BCUT2D eigenvalue weighted by Gasteiger charge is -2.34. The van der Waals surface area contributed by atoms with Crippen LogP contribution in [0.25, 0.3) is 0 Å². The molecule has 28 heavy (non-hydrogen) atoms. The topological polar surface area (TPSA) is 68.3 Å². The van der Waals surface area contributed by atoms with Crippen molar-refractivity contribution >= 4 is 10.0 Å². The molecule has 0 unspecified atom stereocenters. The van der Waals surface area contributed by atoms with E-state index in [2.05, 4.69) is 4.90 Å². The first-order valence-corrected chi connectivity index (χ1v) is 10.9. The fourth-order valence-corrected chi connectivity index (χ4v) is 4.84. The molecule has 2 heterocycles. The molecule has 0 spiro atoms. The van der Waals surface area contributed by atoms with Crippen molar-refractivity contribution in [1.29, 1.82) is 0 Å². The van der Waals surface area contributed by atoms with Gasteiger partial charge in [-0.2, -0.15) is 4.31 Å². The maximum Gasteiger partial charge on any atom is 0.254 e. The zero-order valence-corrected chi connectivity index (χ0v) is 16.6. The Balaban J connectivity index is 1.32. The van der Waals surface area contributed by atoms with Gasteiger partial charge in [0.25, 0.3) is 6.29 Å². The molecular weight excluding hydrogens is 380 g/mol. The van der Waals surface area contributed by atoms with Crippen LogP contribution in [0.5, 0.6) is 17.2 Å². The van der Waals surface area contributed by atoms with Gasteiger partial charge in [-0.25, -0.2) is 8.42 Å². The van der Waals surface area contributed by atoms with Gasteiger partial charge in [-0.15, -0.1) is 0 Å². The Morgan fingerprint density at radius 1 is 0.964 bits per heavy atom. The van der Waals surface area contributed by atoms with Crippen molar-refractivity contribution < 1.29 is 22.6 Å². The van der Waals surface area contributed by atoms with Gasteiger partial charge >= 0.3 is 0 Å². The largest absolute Gasteiger partial charge is 0.494 e. The molecule has 0 radical (unpaired) electrons. The lowest BCUT2D eigenvalue weighted by Crippen LogP contribution is -2.51. The second-order valence-corrected chi connectivity index (χ2v) is 8.66. The number of benzene rings is 2. The number of hydrogen-bond donors (Lipinski definition) is 0. The van der Waals surface area contributed by atoms with Crippen molar-refractivity contribution in [1.82, 2.24) is 9.21 Å². The smallest absolute Gasteiger partial charge is 0.254 e. The summed E-state index contributed by atoms with van der Waals surface area (Å²) in [5.41, 5.74) is 0. The normalized spacial score (nSPS) is 18.3. The van der Waals surface area contributed by atoms with Crippen LogP contribution in [0.15, 0.2) is 53.4 Å². The van der Waals surface area contributed by atoms with Crippen molar-refractivity contribution in [3.63, 3.8) is 0 Å². The molecule has 0 atom stereocenters. The fraction of sp³-hybridized carbons (Fsp3) is 0.400. The van der Waals surface area contributed by atoms with E-state index >= 15 is 0 Å². The van der Waals surface area contributed by atoms with E-state index in [1.165, 1.54) is 4.31 Å². The molecule has 0 aliphatic carbocycles. The van der Waals surface area contributed by atoms with Crippen LogP contribution in [0.1, 0.15) is 6.92 Å². The molecule has 2 aliphatic heterocycles. The van der Waals surface area contributed by atoms with Gasteiger partial charge in [-0.05, 0) is 43.3 Å². The molecule has 2 aromatic rings. The highest BCUT2D eigenvalue weighted by molar-refractivity contribution is 7.89. The Bertz CT molecular complexity index is 883. The minimum Gasteiger partial charge on any atom is -0.494 e. The zero-order chi connectivity index (χ0) is 19.6. The second kappa shape index (κ2) is 7.98. The number of nitrogens with zero attached hydrogens (tertiary/aromatic N) is 2. The van der Waals surface area contributed by atoms with E-state index in [-0.39, 0.29) is 6.29 Å². The molecule has 1 saturated heterocycles. The Kier molecular flexibility index (Phi) is 5.43. The number of ether oxygens (including phenoxy) is 3. The van der Waals surface area contributed by atoms with E-state index in [0.717, 1.165) is 11.5 Å². The van der Waals surface area contributed by atoms with Gasteiger partial charge in [-0.1, -0.05) is 12.1 Å². The summed E-state index contributed by atoms with van der Waals surface area (Å²) in [4.78, 5) is 2.46. The lowest BCUT2D eigenvalue weighted by molar-refractivity contribution is 0.00760. The SMILES string of the molecule is CCOc1ccc(S(=O)(=O)N2CCN(CC3Oc4ccccc4O3)CC2)cc1. The summed E-state index contributed by atoms with van der Waals surface area (Å²) in [6.45, 7) is 5.19. The summed E-state index contributed by atoms with van der Waals surface area (Å²) in [5.74, 6) is 2.18. The van der Waals surface area contributed by atoms with E-state index in [1.54, 1.807) is 24.3 Å². The van der Waals surface area contributed by atoms with Crippen molar-refractivity contribution in [3.05, 3.63) is 48.5 Å². The van der Waals surface area contributed by atoms with Crippen LogP contribution in [-0.2, 0) is 10.0 Å². The molecule has 2 aromatic carbocycles. The third-order valence-corrected chi connectivity index (χ3v) is 6.79. The number of fused-ring (bicyclic) bond motifs is 1. The van der Waals surface area contributed by atoms with Gasteiger partial charge in [0.2, 0.25) is 10.0 Å². The standard InChI is InChI=1S/C20H24N2O5S/c1-2-25-16-7-9-17(10-8-16)28(23,24)22-13-11-21(12-14-22)15-20-26-18-5-3-4-6-19(18)27-20/h3-10,20H,2,11-15H2,1H3. The summed E-state index contributed by atoms with van der Waals surface area (Å²) in [5, 5.41) is 0. The average molecular weight is 404 g/mol. The van der Waals surface area contributed by atoms with Gasteiger partial charge in [-0.3, -0.25) is 4.90 Å². The second-order valence-electron chi connectivity index (χ2n) is 6.72. The quantitative estimate of drug-likeness (QED) is 0.735. The van der Waals surface area contributed by atoms with Crippen LogP contribution in [0.3, 0.4) is 0 Å². The van der Waals surface area contributed by atoms with Crippen LogP contribution in [0.4, 0.5) is 0 Å². The van der Waals surface area contributed by atoms with E-state index < -0.39 is 10.0 Å². The third-order valence-electron chi connectivity index (χ3n) is 4.88. The molecule has 1 fully saturated rings. The van der Waals surface area contributed by atoms with Crippen LogP contribution in [0, 0.1) is 0 Å². The van der Waals surface area contributed by atoms with Gasteiger partial charge in [0, 0.05) is 26.2 Å². The Morgan fingerprint density at radius 2 is 1.57 bits per heavy atom. The summed E-state index contributed by atoms with van der Waals surface area (Å²) in [6, 6.07) is 14.2. The molecule has 0 N–H and O–H groups in total. The molecule has 7 nitrogen and oxygen atoms in total. The van der Waals surface area contributed by atoms with Gasteiger partial charge < -0.3 is 14.2 Å². The van der Waals surface area contributed by atoms with Gasteiger partial charge in [0.15, 0.2) is 11.5 Å². The van der Waals surface area contributed by atoms with Crippen LogP contribution in [-0.4, -0.2) is 63.2 Å². The minimum atomic E-state index is -3.50. The van der Waals surface area contributed by atoms with Crippen molar-refractivity contribution in [3.8, 4) is 17.2 Å². The van der Waals surface area contributed by atoms with E-state index in [9.17, 15) is 8.42 Å². The number of hydrogen-bond acceptors (Lipinski definition) is 6. The van der Waals surface area contributed by atoms with Gasteiger partial charge in [0.1, 0.15) is 5.75 Å². The van der Waals surface area contributed by atoms with E-state index in [4.69, 9.17) is 14.2 Å². The highest BCUT2D eigenvalue weighted by atomic mass is 32.2. The van der Waals surface area contributed by atoms with E-state index in [0.29, 0.717) is 50.0 Å². The lowest BCUT2D eigenvalue weighted by atomic mass is 10.3. The summed E-state index contributed by atoms with van der Waals surface area (Å²) in [7, 11) is -3.50. The highest BCUT2D eigenvalue weighted by Crippen LogP contribution is 2.34. The molecule has 0 amide bonds. The number of piperazine rings is 1. The van der Waals surface area contributed by atoms with Crippen molar-refractivity contribution in [2.75, 3.05) is 39.3 Å². The molecule has 8 heteroatoms. The first-order valence-electron chi connectivity index (χ1n) is 9.44. The summed E-state index contributed by atoms with van der Waals surface area (Å²) in [6.07, 6.45) is -0.355. The maximum atomic E-state index is 12.9.